The summed E-state index contributed by atoms with van der Waals surface area (Å²) >= 11 is 5.61. The number of hydrogen-bond acceptors (Lipinski definition) is 4. The predicted octanol–water partition coefficient (Wildman–Crippen LogP) is 0.481. The van der Waals surface area contributed by atoms with Gasteiger partial charge in [-0.3, -0.25) is 9.59 Å². The molecule has 1 aliphatic rings. The Morgan fingerprint density at radius 2 is 2.22 bits per heavy atom. The van der Waals surface area contributed by atoms with Gasteiger partial charge in [0.05, 0.1) is 12.4 Å². The quantitative estimate of drug-likeness (QED) is 0.847. The number of amides is 2. The summed E-state index contributed by atoms with van der Waals surface area (Å²) in [5.74, 6) is -0.437. The monoisotopic (exact) mass is 268 g/mol. The minimum atomic E-state index is -0.417. The van der Waals surface area contributed by atoms with E-state index in [1.54, 1.807) is 7.05 Å². The number of halogens is 1. The van der Waals surface area contributed by atoms with Crippen molar-refractivity contribution in [3.8, 4) is 0 Å². The van der Waals surface area contributed by atoms with Gasteiger partial charge in [0.25, 0.3) is 5.91 Å². The van der Waals surface area contributed by atoms with Crippen LogP contribution in [0.1, 0.15) is 23.3 Å². The summed E-state index contributed by atoms with van der Waals surface area (Å²) in [6.45, 7) is 0.557. The van der Waals surface area contributed by atoms with E-state index >= 15 is 0 Å². The Balaban J connectivity index is 2.17. The number of hydrogen-bond donors (Lipinski definition) is 1. The molecule has 0 aromatic carbocycles. The lowest BCUT2D eigenvalue weighted by molar-refractivity contribution is -0.124. The molecule has 6 nitrogen and oxygen atoms in total. The molecule has 2 heterocycles. The highest BCUT2D eigenvalue weighted by Gasteiger charge is 2.34. The zero-order valence-corrected chi connectivity index (χ0v) is 10.6. The first kappa shape index (κ1) is 12.8. The number of rotatable bonds is 2. The average molecular weight is 269 g/mol. The lowest BCUT2D eigenvalue weighted by Gasteiger charge is -2.22. The Hall–Kier alpha value is -1.69. The molecule has 0 spiro atoms. The Kier molecular flexibility index (Phi) is 3.76. The average Bonchev–Trinajstić information content (AvgIpc) is 2.87. The van der Waals surface area contributed by atoms with Gasteiger partial charge in [-0.1, -0.05) is 11.6 Å². The van der Waals surface area contributed by atoms with Gasteiger partial charge in [0.15, 0.2) is 0 Å². The molecule has 0 bridgehead atoms. The number of nitrogens with zero attached hydrogens (tertiary/aromatic N) is 3. The van der Waals surface area contributed by atoms with Crippen molar-refractivity contribution in [3.05, 3.63) is 23.2 Å². The molecule has 2 amide bonds. The zero-order chi connectivity index (χ0) is 13.1. The molecule has 96 valence electrons. The molecule has 2 rings (SSSR count). The zero-order valence-electron chi connectivity index (χ0n) is 9.89. The summed E-state index contributed by atoms with van der Waals surface area (Å²) in [5.41, 5.74) is 0.204. The summed E-state index contributed by atoms with van der Waals surface area (Å²) < 4.78 is 0. The van der Waals surface area contributed by atoms with Gasteiger partial charge in [-0.25, -0.2) is 9.97 Å². The number of likely N-dealkylation sites (tertiary alicyclic amines) is 1. The van der Waals surface area contributed by atoms with Crippen molar-refractivity contribution in [2.45, 2.75) is 18.9 Å². The van der Waals surface area contributed by atoms with Crippen LogP contribution < -0.4 is 5.32 Å². The van der Waals surface area contributed by atoms with E-state index in [0.717, 1.165) is 6.42 Å². The van der Waals surface area contributed by atoms with Gasteiger partial charge in [0, 0.05) is 13.6 Å². The first-order chi connectivity index (χ1) is 8.63. The van der Waals surface area contributed by atoms with Crippen molar-refractivity contribution in [2.75, 3.05) is 13.6 Å². The summed E-state index contributed by atoms with van der Waals surface area (Å²) in [5, 5.41) is 2.79. The van der Waals surface area contributed by atoms with E-state index in [1.165, 1.54) is 17.3 Å². The van der Waals surface area contributed by atoms with Gasteiger partial charge in [0.1, 0.15) is 16.9 Å². The Morgan fingerprint density at radius 3 is 2.83 bits per heavy atom. The number of carbonyl (C=O) groups excluding carboxylic acids is 2. The molecule has 1 atom stereocenters. The standard InChI is InChI=1S/C11H13ClN4O2/c1-13-10(17)8-3-2-4-16(8)11(18)7-5-15-9(12)6-14-7/h5-6,8H,2-4H2,1H3,(H,13,17). The summed E-state index contributed by atoms with van der Waals surface area (Å²) in [7, 11) is 1.56. The molecule has 1 saturated heterocycles. The fourth-order valence-electron chi connectivity index (χ4n) is 2.02. The second-order valence-electron chi connectivity index (χ2n) is 4.00. The number of nitrogens with one attached hydrogen (secondary N) is 1. The van der Waals surface area contributed by atoms with Crippen molar-refractivity contribution < 1.29 is 9.59 Å². The third-order valence-corrected chi connectivity index (χ3v) is 3.10. The van der Waals surface area contributed by atoms with Crippen molar-refractivity contribution in [1.82, 2.24) is 20.2 Å². The van der Waals surface area contributed by atoms with E-state index in [1.807, 2.05) is 0 Å². The summed E-state index contributed by atoms with van der Waals surface area (Å²) in [4.78, 5) is 33.1. The maximum Gasteiger partial charge on any atom is 0.274 e. The van der Waals surface area contributed by atoms with E-state index < -0.39 is 6.04 Å². The smallest absolute Gasteiger partial charge is 0.274 e. The molecule has 1 aromatic rings. The van der Waals surface area contributed by atoms with E-state index in [9.17, 15) is 9.59 Å². The van der Waals surface area contributed by atoms with Crippen LogP contribution in [0.15, 0.2) is 12.4 Å². The van der Waals surface area contributed by atoms with E-state index in [2.05, 4.69) is 15.3 Å². The lowest BCUT2D eigenvalue weighted by atomic mass is 10.2. The maximum atomic E-state index is 12.2. The summed E-state index contributed by atoms with van der Waals surface area (Å²) in [6.07, 6.45) is 4.13. The molecule has 0 radical (unpaired) electrons. The first-order valence-electron chi connectivity index (χ1n) is 5.63. The molecule has 18 heavy (non-hydrogen) atoms. The van der Waals surface area contributed by atoms with Crippen LogP contribution in [0.5, 0.6) is 0 Å². The SMILES string of the molecule is CNC(=O)C1CCCN1C(=O)c1cnc(Cl)cn1. The molecular formula is C11H13ClN4O2. The molecule has 1 aliphatic heterocycles. The predicted molar refractivity (Wildman–Crippen MR) is 65.2 cm³/mol. The second-order valence-corrected chi connectivity index (χ2v) is 4.38. The largest absolute Gasteiger partial charge is 0.357 e. The molecule has 0 aliphatic carbocycles. The lowest BCUT2D eigenvalue weighted by Crippen LogP contribution is -2.45. The van der Waals surface area contributed by atoms with Crippen molar-refractivity contribution in [2.24, 2.45) is 0 Å². The third-order valence-electron chi connectivity index (χ3n) is 2.90. The fraction of sp³-hybridized carbons (Fsp3) is 0.455. The maximum absolute atomic E-state index is 12.2. The summed E-state index contributed by atoms with van der Waals surface area (Å²) in [6, 6.07) is -0.417. The topological polar surface area (TPSA) is 75.2 Å². The van der Waals surface area contributed by atoms with Gasteiger partial charge in [-0.15, -0.1) is 0 Å². The highest BCUT2D eigenvalue weighted by atomic mass is 35.5. The number of likely N-dealkylation sites (N-methyl/N-ethyl adjacent to an activating group) is 1. The minimum absolute atomic E-state index is 0.150. The Labute approximate surface area is 109 Å². The number of aromatic nitrogens is 2. The van der Waals surface area contributed by atoms with Crippen LogP contribution in [0, 0.1) is 0 Å². The van der Waals surface area contributed by atoms with Gasteiger partial charge in [-0.05, 0) is 12.8 Å². The van der Waals surface area contributed by atoms with Gasteiger partial charge >= 0.3 is 0 Å². The third kappa shape index (κ3) is 2.43. The molecule has 1 aromatic heterocycles. The van der Waals surface area contributed by atoms with Crippen LogP contribution in [-0.4, -0.2) is 46.3 Å². The van der Waals surface area contributed by atoms with Crippen LogP contribution in [-0.2, 0) is 4.79 Å². The molecule has 1 N–H and O–H groups in total. The molecule has 1 unspecified atom stereocenters. The van der Waals surface area contributed by atoms with Crippen molar-refractivity contribution in [1.29, 1.82) is 0 Å². The van der Waals surface area contributed by atoms with Crippen LogP contribution in [0.25, 0.3) is 0 Å². The molecule has 1 fully saturated rings. The number of carbonyl (C=O) groups is 2. The first-order valence-corrected chi connectivity index (χ1v) is 6.01. The minimum Gasteiger partial charge on any atom is -0.357 e. The van der Waals surface area contributed by atoms with Crippen LogP contribution in [0.3, 0.4) is 0 Å². The van der Waals surface area contributed by atoms with Gasteiger partial charge < -0.3 is 10.2 Å². The van der Waals surface area contributed by atoms with Gasteiger partial charge in [-0.2, -0.15) is 0 Å². The fourth-order valence-corrected chi connectivity index (χ4v) is 2.12. The van der Waals surface area contributed by atoms with Crippen LogP contribution in [0.4, 0.5) is 0 Å². The molecule has 0 saturated carbocycles. The van der Waals surface area contributed by atoms with Crippen LogP contribution in [0.2, 0.25) is 5.15 Å². The highest BCUT2D eigenvalue weighted by molar-refractivity contribution is 6.29. The van der Waals surface area contributed by atoms with E-state index in [4.69, 9.17) is 11.6 Å². The Morgan fingerprint density at radius 1 is 1.44 bits per heavy atom. The second kappa shape index (κ2) is 5.30. The van der Waals surface area contributed by atoms with E-state index in [0.29, 0.717) is 13.0 Å². The van der Waals surface area contributed by atoms with Crippen LogP contribution >= 0.6 is 11.6 Å². The van der Waals surface area contributed by atoms with Gasteiger partial charge in [0.2, 0.25) is 5.91 Å². The normalized spacial score (nSPS) is 18.8. The van der Waals surface area contributed by atoms with E-state index in [-0.39, 0.29) is 22.7 Å². The highest BCUT2D eigenvalue weighted by Crippen LogP contribution is 2.19. The molecule has 7 heteroatoms. The van der Waals surface area contributed by atoms with Crippen molar-refractivity contribution in [3.63, 3.8) is 0 Å². The Bertz CT molecular complexity index is 463. The van der Waals surface area contributed by atoms with Crippen molar-refractivity contribution >= 4 is 23.4 Å². The molecular weight excluding hydrogens is 256 g/mol.